The van der Waals surface area contributed by atoms with Crippen LogP contribution in [0.5, 0.6) is 0 Å². The zero-order valence-electron chi connectivity index (χ0n) is 22.4. The molecule has 0 N–H and O–H groups in total. The van der Waals surface area contributed by atoms with Crippen molar-refractivity contribution in [3.8, 4) is 0 Å². The van der Waals surface area contributed by atoms with Crippen molar-refractivity contribution >= 4 is 30.6 Å². The molecule has 0 unspecified atom stereocenters. The fourth-order valence-corrected chi connectivity index (χ4v) is 10.4. The van der Waals surface area contributed by atoms with Crippen LogP contribution in [-0.2, 0) is 20.6 Å². The lowest BCUT2D eigenvalue weighted by atomic mass is 10.2. The number of urea groups is 1. The number of hydrogen-bond donors (Lipinski definition) is 0. The topological polar surface area (TPSA) is 59.1 Å². The van der Waals surface area contributed by atoms with Crippen LogP contribution in [0.3, 0.4) is 0 Å². The normalized spacial score (nSPS) is 19.8. The predicted molar refractivity (Wildman–Crippen MR) is 151 cm³/mol. The summed E-state index contributed by atoms with van der Waals surface area (Å²) < 4.78 is 12.9. The van der Waals surface area contributed by atoms with E-state index >= 15 is 0 Å². The van der Waals surface area contributed by atoms with E-state index in [1.54, 1.807) is 4.90 Å². The van der Waals surface area contributed by atoms with Gasteiger partial charge >= 0.3 is 6.03 Å². The second kappa shape index (κ2) is 10.8. The maximum atomic E-state index is 13.3. The molecule has 38 heavy (non-hydrogen) atoms. The molecule has 6 nitrogen and oxygen atoms in total. The lowest BCUT2D eigenvalue weighted by Gasteiger charge is -2.43. The van der Waals surface area contributed by atoms with E-state index in [0.717, 1.165) is 5.56 Å². The molecule has 2 atom stereocenters. The number of benzene rings is 3. The summed E-state index contributed by atoms with van der Waals surface area (Å²) in [5, 5.41) is 2.19. The molecule has 2 saturated heterocycles. The molecule has 5 rings (SSSR count). The largest absolute Gasteiger partial charge is 0.406 e. The maximum Gasteiger partial charge on any atom is 0.327 e. The van der Waals surface area contributed by atoms with E-state index in [2.05, 4.69) is 45.0 Å². The van der Waals surface area contributed by atoms with Crippen LogP contribution in [0.15, 0.2) is 91.0 Å². The summed E-state index contributed by atoms with van der Waals surface area (Å²) in [4.78, 5) is 29.6. The van der Waals surface area contributed by atoms with Gasteiger partial charge in [0.1, 0.15) is 6.04 Å². The molecule has 3 aromatic rings. The van der Waals surface area contributed by atoms with E-state index in [1.807, 2.05) is 66.7 Å². The van der Waals surface area contributed by atoms with Crippen LogP contribution in [0.25, 0.3) is 0 Å². The molecule has 0 spiro atoms. The number of imide groups is 1. The molecule has 3 amide bonds. The number of ether oxygens (including phenoxy) is 1. The molecule has 0 saturated carbocycles. The summed E-state index contributed by atoms with van der Waals surface area (Å²) in [6.45, 7) is 8.10. The Morgan fingerprint density at radius 1 is 0.842 bits per heavy atom. The van der Waals surface area contributed by atoms with Gasteiger partial charge in [0.2, 0.25) is 0 Å². The Labute approximate surface area is 226 Å². The number of amides is 3. The number of carbonyl (C=O) groups excluding carboxylic acids is 2. The molecule has 2 heterocycles. The molecular formula is C31H36N2O4Si. The Balaban J connectivity index is 1.27. The van der Waals surface area contributed by atoms with E-state index in [4.69, 9.17) is 9.16 Å². The first kappa shape index (κ1) is 26.3. The number of fused-ring (bicyclic) bond motifs is 1. The Hall–Kier alpha value is -3.26. The van der Waals surface area contributed by atoms with Crippen molar-refractivity contribution < 1.29 is 18.8 Å². The van der Waals surface area contributed by atoms with Gasteiger partial charge in [0.25, 0.3) is 14.2 Å². The van der Waals surface area contributed by atoms with Crippen molar-refractivity contribution in [1.29, 1.82) is 0 Å². The zero-order valence-corrected chi connectivity index (χ0v) is 23.4. The van der Waals surface area contributed by atoms with Gasteiger partial charge in [-0.1, -0.05) is 112 Å². The van der Waals surface area contributed by atoms with Crippen molar-refractivity contribution in [3.63, 3.8) is 0 Å². The van der Waals surface area contributed by atoms with Crippen LogP contribution in [0, 0.1) is 0 Å². The van der Waals surface area contributed by atoms with E-state index in [0.29, 0.717) is 26.2 Å². The molecule has 2 fully saturated rings. The molecule has 0 aromatic heterocycles. The SMILES string of the molecule is CC(C)(C)[Si](OCCN1C(=O)[C@@H]2C[C@@H](OCc3ccccc3)CN2C1=O)(c1ccccc1)c1ccccc1. The summed E-state index contributed by atoms with van der Waals surface area (Å²) in [6.07, 6.45) is 0.396. The monoisotopic (exact) mass is 528 g/mol. The van der Waals surface area contributed by atoms with Crippen molar-refractivity contribution in [2.24, 2.45) is 0 Å². The van der Waals surface area contributed by atoms with E-state index < -0.39 is 14.4 Å². The van der Waals surface area contributed by atoms with Crippen molar-refractivity contribution in [3.05, 3.63) is 96.6 Å². The average Bonchev–Trinajstić information content (AvgIpc) is 3.45. The standard InChI is InChI=1S/C31H36N2O4Si/c1-31(2,3)38(26-15-9-5-10-16-26,27-17-11-6-12-18-27)37-20-19-32-29(34)28-21-25(22-33(28)30(32)35)36-23-24-13-7-4-8-14-24/h4-18,25,28H,19-23H2,1-3H3/t25-,28+/m1/s1. The number of rotatable bonds is 9. The van der Waals surface area contributed by atoms with Crippen molar-refractivity contribution in [2.45, 2.75) is 51.0 Å². The molecule has 0 radical (unpaired) electrons. The first-order valence-corrected chi connectivity index (χ1v) is 15.2. The Morgan fingerprint density at radius 3 is 1.92 bits per heavy atom. The third kappa shape index (κ3) is 4.94. The van der Waals surface area contributed by atoms with Crippen LogP contribution in [0.2, 0.25) is 5.04 Å². The first-order chi connectivity index (χ1) is 18.3. The molecule has 0 bridgehead atoms. The number of hydrogen-bond acceptors (Lipinski definition) is 4. The minimum atomic E-state index is -2.73. The van der Waals surface area contributed by atoms with Gasteiger partial charge in [-0.05, 0) is 21.0 Å². The van der Waals surface area contributed by atoms with Crippen LogP contribution >= 0.6 is 0 Å². The Bertz CT molecular complexity index is 1180. The molecule has 2 aliphatic rings. The van der Waals surface area contributed by atoms with Gasteiger partial charge < -0.3 is 14.1 Å². The van der Waals surface area contributed by atoms with Crippen molar-refractivity contribution in [2.75, 3.05) is 19.7 Å². The smallest absolute Gasteiger partial charge is 0.327 e. The van der Waals surface area contributed by atoms with E-state index in [1.165, 1.54) is 15.3 Å². The fourth-order valence-electron chi connectivity index (χ4n) is 5.84. The highest BCUT2D eigenvalue weighted by molar-refractivity contribution is 6.99. The third-order valence-electron chi connectivity index (χ3n) is 7.67. The van der Waals surface area contributed by atoms with Gasteiger partial charge in [-0.2, -0.15) is 0 Å². The predicted octanol–water partition coefficient (Wildman–Crippen LogP) is 4.18. The van der Waals surface area contributed by atoms with Crippen LogP contribution in [0.4, 0.5) is 4.79 Å². The maximum absolute atomic E-state index is 13.3. The third-order valence-corrected chi connectivity index (χ3v) is 12.7. The second-order valence-corrected chi connectivity index (χ2v) is 15.4. The summed E-state index contributed by atoms with van der Waals surface area (Å²) >= 11 is 0. The van der Waals surface area contributed by atoms with Crippen LogP contribution in [0.1, 0.15) is 32.8 Å². The first-order valence-electron chi connectivity index (χ1n) is 13.3. The van der Waals surface area contributed by atoms with Gasteiger partial charge in [-0.3, -0.25) is 9.69 Å². The molecule has 198 valence electrons. The molecule has 2 aliphatic heterocycles. The molecule has 0 aliphatic carbocycles. The number of carbonyl (C=O) groups is 2. The second-order valence-electron chi connectivity index (χ2n) is 11.1. The minimum Gasteiger partial charge on any atom is -0.406 e. The Morgan fingerprint density at radius 2 is 1.39 bits per heavy atom. The van der Waals surface area contributed by atoms with Crippen LogP contribution in [-0.4, -0.2) is 61.9 Å². The summed E-state index contributed by atoms with van der Waals surface area (Å²) in [7, 11) is -2.73. The van der Waals surface area contributed by atoms with Gasteiger partial charge in [0.05, 0.1) is 25.9 Å². The minimum absolute atomic E-state index is 0.136. The highest BCUT2D eigenvalue weighted by atomic mass is 28.4. The average molecular weight is 529 g/mol. The lowest BCUT2D eigenvalue weighted by molar-refractivity contribution is -0.128. The quantitative estimate of drug-likeness (QED) is 0.309. The summed E-state index contributed by atoms with van der Waals surface area (Å²) in [6, 6.07) is 30.1. The Kier molecular flexibility index (Phi) is 7.52. The molecule has 7 heteroatoms. The number of nitrogens with zero attached hydrogens (tertiary/aromatic N) is 2. The molecular weight excluding hydrogens is 492 g/mol. The van der Waals surface area contributed by atoms with Gasteiger partial charge in [0, 0.05) is 13.0 Å². The van der Waals surface area contributed by atoms with Gasteiger partial charge in [-0.15, -0.1) is 0 Å². The van der Waals surface area contributed by atoms with E-state index in [-0.39, 0.29) is 29.6 Å². The summed E-state index contributed by atoms with van der Waals surface area (Å²) in [5.41, 5.74) is 1.08. The van der Waals surface area contributed by atoms with Gasteiger partial charge in [-0.25, -0.2) is 4.79 Å². The van der Waals surface area contributed by atoms with E-state index in [9.17, 15) is 9.59 Å². The lowest BCUT2D eigenvalue weighted by Crippen LogP contribution is -2.67. The van der Waals surface area contributed by atoms with Crippen LogP contribution < -0.4 is 10.4 Å². The zero-order chi connectivity index (χ0) is 26.8. The fraction of sp³-hybridized carbons (Fsp3) is 0.355. The van der Waals surface area contributed by atoms with Crippen molar-refractivity contribution in [1.82, 2.24) is 9.80 Å². The summed E-state index contributed by atoms with van der Waals surface area (Å²) in [5.74, 6) is -0.146. The van der Waals surface area contributed by atoms with Gasteiger partial charge in [0.15, 0.2) is 0 Å². The molecule has 3 aromatic carbocycles. The highest BCUT2D eigenvalue weighted by Gasteiger charge is 2.52. The highest BCUT2D eigenvalue weighted by Crippen LogP contribution is 2.37.